The molecule has 0 spiro atoms. The average molecular weight is 292 g/mol. The van der Waals surface area contributed by atoms with Gasteiger partial charge >= 0.3 is 5.97 Å². The molecule has 7 nitrogen and oxygen atoms in total. The molecule has 1 aliphatic carbocycles. The molecular weight excluding hydrogens is 276 g/mol. The lowest BCUT2D eigenvalue weighted by atomic mass is 9.69. The van der Waals surface area contributed by atoms with E-state index in [0.29, 0.717) is 18.4 Å². The molecule has 0 atom stereocenters. The molecule has 0 heterocycles. The predicted octanol–water partition coefficient (Wildman–Crippen LogP) is 1.89. The van der Waals surface area contributed by atoms with Gasteiger partial charge in [0.1, 0.15) is 0 Å². The van der Waals surface area contributed by atoms with Crippen molar-refractivity contribution in [2.24, 2.45) is 5.41 Å². The highest BCUT2D eigenvalue weighted by molar-refractivity contribution is 5.95. The minimum absolute atomic E-state index is 0.0486. The average Bonchev–Trinajstić information content (AvgIpc) is 2.36. The normalized spacial score (nSPS) is 15.9. The number of nitro benzene ring substituents is 1. The van der Waals surface area contributed by atoms with E-state index in [2.05, 4.69) is 5.32 Å². The van der Waals surface area contributed by atoms with Crippen LogP contribution in [0, 0.1) is 22.5 Å². The van der Waals surface area contributed by atoms with Crippen molar-refractivity contribution in [1.82, 2.24) is 5.32 Å². The van der Waals surface area contributed by atoms with Crippen molar-refractivity contribution in [3.05, 3.63) is 39.4 Å². The van der Waals surface area contributed by atoms with Crippen LogP contribution >= 0.6 is 0 Å². The minimum Gasteiger partial charge on any atom is -0.481 e. The highest BCUT2D eigenvalue weighted by atomic mass is 16.6. The number of hydrogen-bond donors (Lipinski definition) is 2. The van der Waals surface area contributed by atoms with E-state index in [-0.39, 0.29) is 17.8 Å². The molecule has 21 heavy (non-hydrogen) atoms. The summed E-state index contributed by atoms with van der Waals surface area (Å²) in [5.41, 5.74) is -0.222. The van der Waals surface area contributed by atoms with Gasteiger partial charge in [0, 0.05) is 23.7 Å². The fourth-order valence-electron chi connectivity index (χ4n) is 2.42. The largest absolute Gasteiger partial charge is 0.481 e. The molecule has 7 heteroatoms. The van der Waals surface area contributed by atoms with Crippen LogP contribution in [-0.4, -0.2) is 28.5 Å². The first kappa shape index (κ1) is 15.0. The summed E-state index contributed by atoms with van der Waals surface area (Å²) in [5.74, 6) is -1.31. The van der Waals surface area contributed by atoms with Crippen LogP contribution in [0.2, 0.25) is 0 Å². The highest BCUT2D eigenvalue weighted by Crippen LogP contribution is 2.40. The number of nitrogens with zero attached hydrogens (tertiary/aromatic N) is 1. The molecule has 1 aromatic carbocycles. The molecule has 0 unspecified atom stereocenters. The molecule has 112 valence electrons. The first-order valence-corrected chi connectivity index (χ1v) is 6.62. The molecule has 2 rings (SSSR count). The number of aryl methyl sites for hydroxylation is 1. The Bertz CT molecular complexity index is 607. The van der Waals surface area contributed by atoms with Gasteiger partial charge in [0.2, 0.25) is 0 Å². The van der Waals surface area contributed by atoms with Gasteiger partial charge in [-0.1, -0.05) is 6.42 Å². The van der Waals surface area contributed by atoms with Gasteiger partial charge in [0.05, 0.1) is 10.3 Å². The summed E-state index contributed by atoms with van der Waals surface area (Å²) >= 11 is 0. The number of hydrogen-bond acceptors (Lipinski definition) is 4. The van der Waals surface area contributed by atoms with E-state index in [1.54, 1.807) is 6.92 Å². The molecule has 0 radical (unpaired) electrons. The molecule has 0 saturated heterocycles. The molecule has 1 amide bonds. The molecule has 1 saturated carbocycles. The fraction of sp³-hybridized carbons (Fsp3) is 0.429. The zero-order valence-corrected chi connectivity index (χ0v) is 11.6. The van der Waals surface area contributed by atoms with Gasteiger partial charge < -0.3 is 10.4 Å². The van der Waals surface area contributed by atoms with E-state index in [1.165, 1.54) is 18.2 Å². The Morgan fingerprint density at radius 2 is 2.10 bits per heavy atom. The number of nitro groups is 1. The molecule has 0 bridgehead atoms. The van der Waals surface area contributed by atoms with E-state index in [1.807, 2.05) is 0 Å². The zero-order chi connectivity index (χ0) is 15.6. The van der Waals surface area contributed by atoms with E-state index in [0.717, 1.165) is 6.42 Å². The van der Waals surface area contributed by atoms with Crippen molar-refractivity contribution in [3.8, 4) is 0 Å². The number of aliphatic carboxylic acids is 1. The first-order valence-electron chi connectivity index (χ1n) is 6.62. The summed E-state index contributed by atoms with van der Waals surface area (Å²) in [6.07, 6.45) is 1.96. The summed E-state index contributed by atoms with van der Waals surface area (Å²) in [5, 5.41) is 22.5. The summed E-state index contributed by atoms with van der Waals surface area (Å²) in [6, 6.07) is 4.08. The van der Waals surface area contributed by atoms with Gasteiger partial charge in [0.15, 0.2) is 0 Å². The van der Waals surface area contributed by atoms with Crippen molar-refractivity contribution in [1.29, 1.82) is 0 Å². The molecule has 0 aromatic heterocycles. The van der Waals surface area contributed by atoms with E-state index < -0.39 is 22.2 Å². The molecular formula is C14H16N2O5. The SMILES string of the molecule is Cc1cc(C(=O)NCC2(C(=O)O)CCC2)ccc1[N+](=O)[O-]. The smallest absolute Gasteiger partial charge is 0.311 e. The van der Waals surface area contributed by atoms with Crippen LogP contribution < -0.4 is 5.32 Å². The molecule has 1 aliphatic rings. The Kier molecular flexibility index (Phi) is 3.93. The minimum atomic E-state index is -0.895. The first-order chi connectivity index (χ1) is 9.85. The summed E-state index contributed by atoms with van der Waals surface area (Å²) in [4.78, 5) is 33.4. The second kappa shape index (κ2) is 5.51. The van der Waals surface area contributed by atoms with Gasteiger partial charge in [-0.3, -0.25) is 19.7 Å². The third-order valence-corrected chi connectivity index (χ3v) is 4.01. The van der Waals surface area contributed by atoms with Crippen LogP contribution in [0.15, 0.2) is 18.2 Å². The lowest BCUT2D eigenvalue weighted by Gasteiger charge is -2.37. The lowest BCUT2D eigenvalue weighted by molar-refractivity contribution is -0.385. The highest BCUT2D eigenvalue weighted by Gasteiger charge is 2.44. The molecule has 0 aliphatic heterocycles. The summed E-state index contributed by atoms with van der Waals surface area (Å²) in [6.45, 7) is 1.64. The van der Waals surface area contributed by atoms with Gasteiger partial charge in [-0.25, -0.2) is 0 Å². The van der Waals surface area contributed by atoms with Crippen LogP contribution in [0.1, 0.15) is 35.2 Å². The summed E-state index contributed by atoms with van der Waals surface area (Å²) in [7, 11) is 0. The quantitative estimate of drug-likeness (QED) is 0.636. The molecule has 1 fully saturated rings. The van der Waals surface area contributed by atoms with Crippen LogP contribution in [0.4, 0.5) is 5.69 Å². The van der Waals surface area contributed by atoms with Crippen molar-refractivity contribution in [2.45, 2.75) is 26.2 Å². The maximum absolute atomic E-state index is 12.0. The topological polar surface area (TPSA) is 110 Å². The monoisotopic (exact) mass is 292 g/mol. The van der Waals surface area contributed by atoms with Crippen LogP contribution in [0.5, 0.6) is 0 Å². The Hall–Kier alpha value is -2.44. The second-order valence-corrected chi connectivity index (χ2v) is 5.38. The number of benzene rings is 1. The van der Waals surface area contributed by atoms with E-state index in [4.69, 9.17) is 0 Å². The van der Waals surface area contributed by atoms with E-state index in [9.17, 15) is 24.8 Å². The Labute approximate surface area is 121 Å². The van der Waals surface area contributed by atoms with Crippen molar-refractivity contribution in [3.63, 3.8) is 0 Å². The van der Waals surface area contributed by atoms with E-state index >= 15 is 0 Å². The number of rotatable bonds is 5. The van der Waals surface area contributed by atoms with Crippen LogP contribution in [-0.2, 0) is 4.79 Å². The van der Waals surface area contributed by atoms with Crippen molar-refractivity contribution in [2.75, 3.05) is 6.54 Å². The number of nitrogens with one attached hydrogen (secondary N) is 1. The third kappa shape index (κ3) is 2.86. The zero-order valence-electron chi connectivity index (χ0n) is 11.6. The number of carbonyl (C=O) groups excluding carboxylic acids is 1. The van der Waals surface area contributed by atoms with Crippen molar-refractivity contribution < 1.29 is 19.6 Å². The van der Waals surface area contributed by atoms with Gasteiger partial charge in [-0.2, -0.15) is 0 Å². The maximum Gasteiger partial charge on any atom is 0.311 e. The number of amides is 1. The maximum atomic E-state index is 12.0. The Morgan fingerprint density at radius 3 is 2.52 bits per heavy atom. The van der Waals surface area contributed by atoms with Crippen molar-refractivity contribution >= 4 is 17.6 Å². The Balaban J connectivity index is 2.06. The number of carbonyl (C=O) groups is 2. The molecule has 2 N–H and O–H groups in total. The van der Waals surface area contributed by atoms with Crippen LogP contribution in [0.25, 0.3) is 0 Å². The van der Waals surface area contributed by atoms with Crippen LogP contribution in [0.3, 0.4) is 0 Å². The van der Waals surface area contributed by atoms with Gasteiger partial charge in [0.25, 0.3) is 11.6 Å². The molecule has 1 aromatic rings. The second-order valence-electron chi connectivity index (χ2n) is 5.38. The lowest BCUT2D eigenvalue weighted by Crippen LogP contribution is -2.47. The summed E-state index contributed by atoms with van der Waals surface area (Å²) < 4.78 is 0. The standard InChI is InChI=1S/C14H16N2O5/c1-9-7-10(3-4-11(9)16(20)21)12(17)15-8-14(13(18)19)5-2-6-14/h3-4,7H,2,5-6,8H2,1H3,(H,15,17)(H,18,19). The van der Waals surface area contributed by atoms with Gasteiger partial charge in [-0.15, -0.1) is 0 Å². The fourth-order valence-corrected chi connectivity index (χ4v) is 2.42. The third-order valence-electron chi connectivity index (χ3n) is 4.01. The number of carboxylic acid groups (broad SMARTS) is 1. The number of carboxylic acids is 1. The van der Waals surface area contributed by atoms with Gasteiger partial charge in [-0.05, 0) is 31.9 Å². The Morgan fingerprint density at radius 1 is 1.43 bits per heavy atom. The predicted molar refractivity (Wildman–Crippen MR) is 74.1 cm³/mol.